The van der Waals surface area contributed by atoms with Crippen molar-refractivity contribution in [2.45, 2.75) is 18.8 Å². The average Bonchev–Trinajstić information content (AvgIpc) is 2.62. The van der Waals surface area contributed by atoms with E-state index in [0.29, 0.717) is 18.6 Å². The lowest BCUT2D eigenvalue weighted by atomic mass is 9.87. The second kappa shape index (κ2) is 6.62. The summed E-state index contributed by atoms with van der Waals surface area (Å²) in [6.45, 7) is 0.373. The summed E-state index contributed by atoms with van der Waals surface area (Å²) in [5, 5.41) is 9.37. The van der Waals surface area contributed by atoms with Crippen LogP contribution >= 0.6 is 0 Å². The zero-order valence-electron chi connectivity index (χ0n) is 12.8. The third kappa shape index (κ3) is 3.40. The van der Waals surface area contributed by atoms with Crippen LogP contribution in [0.1, 0.15) is 17.5 Å². The van der Waals surface area contributed by atoms with E-state index in [4.69, 9.17) is 10.5 Å². The summed E-state index contributed by atoms with van der Waals surface area (Å²) in [5.41, 5.74) is 8.99. The van der Waals surface area contributed by atoms with Crippen molar-refractivity contribution < 1.29 is 4.74 Å². The first-order chi connectivity index (χ1) is 11.2. The summed E-state index contributed by atoms with van der Waals surface area (Å²) in [7, 11) is 0. The Labute approximate surface area is 136 Å². The van der Waals surface area contributed by atoms with E-state index in [1.54, 1.807) is 6.08 Å². The van der Waals surface area contributed by atoms with Crippen LogP contribution in [0.2, 0.25) is 0 Å². The lowest BCUT2D eigenvalue weighted by Crippen LogP contribution is -2.45. The topological polar surface area (TPSA) is 59.0 Å². The first-order valence-corrected chi connectivity index (χ1v) is 7.55. The van der Waals surface area contributed by atoms with Gasteiger partial charge in [-0.05, 0) is 22.8 Å². The number of nitriles is 1. The van der Waals surface area contributed by atoms with Gasteiger partial charge in [0.2, 0.25) is 0 Å². The fraction of sp³-hybridized carbons (Fsp3) is 0.150. The summed E-state index contributed by atoms with van der Waals surface area (Å²) in [5.74, 6) is 0. The van der Waals surface area contributed by atoms with Gasteiger partial charge >= 0.3 is 0 Å². The molecule has 0 saturated heterocycles. The molecule has 3 rings (SSSR count). The Kier molecular flexibility index (Phi) is 4.38. The Hall–Kier alpha value is -2.67. The van der Waals surface area contributed by atoms with Crippen LogP contribution < -0.4 is 5.73 Å². The first kappa shape index (κ1) is 15.2. The van der Waals surface area contributed by atoms with E-state index in [1.807, 2.05) is 66.7 Å². The lowest BCUT2D eigenvalue weighted by Gasteiger charge is -2.32. The number of rotatable bonds is 4. The SMILES string of the molecule is N#CC1=CC=C(c2ccccc2)CC1(N)OCc1ccccc1. The highest BCUT2D eigenvalue weighted by molar-refractivity contribution is 5.71. The van der Waals surface area contributed by atoms with Crippen LogP contribution in [0.25, 0.3) is 5.57 Å². The Bertz CT molecular complexity index is 772. The molecule has 0 aliphatic heterocycles. The maximum Gasteiger partial charge on any atom is 0.157 e. The van der Waals surface area contributed by atoms with Gasteiger partial charge in [-0.15, -0.1) is 0 Å². The molecule has 2 aromatic rings. The van der Waals surface area contributed by atoms with Crippen LogP contribution in [0.15, 0.2) is 78.4 Å². The van der Waals surface area contributed by atoms with Crippen molar-refractivity contribution in [3.8, 4) is 6.07 Å². The van der Waals surface area contributed by atoms with Crippen LogP contribution in [0.3, 0.4) is 0 Å². The van der Waals surface area contributed by atoms with E-state index in [2.05, 4.69) is 6.07 Å². The molecule has 0 amide bonds. The van der Waals surface area contributed by atoms with E-state index in [9.17, 15) is 5.26 Å². The van der Waals surface area contributed by atoms with Crippen molar-refractivity contribution in [1.29, 1.82) is 5.26 Å². The number of hydrogen-bond donors (Lipinski definition) is 1. The van der Waals surface area contributed by atoms with Gasteiger partial charge in [-0.3, -0.25) is 5.73 Å². The van der Waals surface area contributed by atoms with Crippen molar-refractivity contribution in [3.63, 3.8) is 0 Å². The van der Waals surface area contributed by atoms with Gasteiger partial charge in [0, 0.05) is 6.42 Å². The van der Waals surface area contributed by atoms with Gasteiger partial charge in [0.1, 0.15) is 0 Å². The van der Waals surface area contributed by atoms with Crippen LogP contribution in [-0.4, -0.2) is 5.72 Å². The summed E-state index contributed by atoms with van der Waals surface area (Å²) < 4.78 is 5.96. The highest BCUT2D eigenvalue weighted by atomic mass is 16.5. The van der Waals surface area contributed by atoms with Gasteiger partial charge in [0.25, 0.3) is 0 Å². The lowest BCUT2D eigenvalue weighted by molar-refractivity contribution is -0.0185. The normalized spacial score (nSPS) is 20.3. The zero-order chi connectivity index (χ0) is 16.1. The zero-order valence-corrected chi connectivity index (χ0v) is 12.8. The Balaban J connectivity index is 1.82. The molecule has 114 valence electrons. The molecule has 1 aliphatic carbocycles. The van der Waals surface area contributed by atoms with Gasteiger partial charge in [-0.1, -0.05) is 66.7 Å². The molecule has 0 spiro atoms. The molecular weight excluding hydrogens is 284 g/mol. The molecule has 1 aliphatic rings. The van der Waals surface area contributed by atoms with E-state index in [0.717, 1.165) is 16.7 Å². The van der Waals surface area contributed by atoms with Crippen molar-refractivity contribution in [1.82, 2.24) is 0 Å². The third-order valence-corrected chi connectivity index (χ3v) is 3.96. The van der Waals surface area contributed by atoms with Gasteiger partial charge in [0.05, 0.1) is 18.2 Å². The number of ether oxygens (including phenoxy) is 1. The molecule has 2 N–H and O–H groups in total. The van der Waals surface area contributed by atoms with Crippen molar-refractivity contribution in [2.24, 2.45) is 5.73 Å². The number of nitrogens with two attached hydrogens (primary N) is 1. The maximum atomic E-state index is 9.37. The van der Waals surface area contributed by atoms with Gasteiger partial charge in [-0.2, -0.15) is 5.26 Å². The standard InChI is InChI=1S/C20H18N2O/c21-14-19-12-11-18(17-9-5-2-6-10-17)13-20(19,22)23-15-16-7-3-1-4-8-16/h1-12H,13,15,22H2. The number of benzene rings is 2. The third-order valence-electron chi connectivity index (χ3n) is 3.96. The molecule has 0 saturated carbocycles. The summed E-state index contributed by atoms with van der Waals surface area (Å²) in [6.07, 6.45) is 4.19. The van der Waals surface area contributed by atoms with Crippen LogP contribution in [0.5, 0.6) is 0 Å². The van der Waals surface area contributed by atoms with E-state index < -0.39 is 5.72 Å². The number of hydrogen-bond acceptors (Lipinski definition) is 3. The van der Waals surface area contributed by atoms with Crippen LogP contribution in [0, 0.1) is 11.3 Å². The number of nitrogens with zero attached hydrogens (tertiary/aromatic N) is 1. The molecular formula is C20H18N2O. The molecule has 23 heavy (non-hydrogen) atoms. The molecule has 3 nitrogen and oxygen atoms in total. The largest absolute Gasteiger partial charge is 0.351 e. The Morgan fingerprint density at radius 3 is 2.30 bits per heavy atom. The summed E-state index contributed by atoms with van der Waals surface area (Å²) in [6, 6.07) is 22.0. The van der Waals surface area contributed by atoms with E-state index in [-0.39, 0.29) is 0 Å². The quantitative estimate of drug-likeness (QED) is 0.874. The first-order valence-electron chi connectivity index (χ1n) is 7.55. The molecule has 1 unspecified atom stereocenters. The second-order valence-corrected chi connectivity index (χ2v) is 5.59. The predicted octanol–water partition coefficient (Wildman–Crippen LogP) is 3.80. The molecule has 0 radical (unpaired) electrons. The minimum atomic E-state index is -1.09. The highest BCUT2D eigenvalue weighted by Crippen LogP contribution is 2.34. The molecule has 2 aromatic carbocycles. The molecule has 1 atom stereocenters. The smallest absolute Gasteiger partial charge is 0.157 e. The fourth-order valence-corrected chi connectivity index (χ4v) is 2.66. The fourth-order valence-electron chi connectivity index (χ4n) is 2.66. The molecule has 3 heteroatoms. The summed E-state index contributed by atoms with van der Waals surface area (Å²) >= 11 is 0. The Morgan fingerprint density at radius 1 is 1.00 bits per heavy atom. The van der Waals surface area contributed by atoms with Crippen molar-refractivity contribution >= 4 is 5.57 Å². The molecule has 0 heterocycles. The predicted molar refractivity (Wildman–Crippen MR) is 90.9 cm³/mol. The second-order valence-electron chi connectivity index (χ2n) is 5.59. The molecule has 0 fully saturated rings. The van der Waals surface area contributed by atoms with Crippen molar-refractivity contribution in [3.05, 3.63) is 89.5 Å². The molecule has 0 aromatic heterocycles. The van der Waals surface area contributed by atoms with Gasteiger partial charge < -0.3 is 4.74 Å². The minimum absolute atomic E-state index is 0.373. The van der Waals surface area contributed by atoms with Crippen molar-refractivity contribution in [2.75, 3.05) is 0 Å². The monoisotopic (exact) mass is 302 g/mol. The summed E-state index contributed by atoms with van der Waals surface area (Å²) in [4.78, 5) is 0. The Morgan fingerprint density at radius 2 is 1.65 bits per heavy atom. The van der Waals surface area contributed by atoms with E-state index >= 15 is 0 Å². The minimum Gasteiger partial charge on any atom is -0.351 e. The maximum absolute atomic E-state index is 9.37. The molecule has 0 bridgehead atoms. The van der Waals surface area contributed by atoms with Gasteiger partial charge in [0.15, 0.2) is 5.72 Å². The van der Waals surface area contributed by atoms with Gasteiger partial charge in [-0.25, -0.2) is 0 Å². The average molecular weight is 302 g/mol. The van der Waals surface area contributed by atoms with Crippen LogP contribution in [-0.2, 0) is 11.3 Å². The van der Waals surface area contributed by atoms with Crippen LogP contribution in [0.4, 0.5) is 0 Å². The number of allylic oxidation sites excluding steroid dienone is 2. The highest BCUT2D eigenvalue weighted by Gasteiger charge is 2.34. The van der Waals surface area contributed by atoms with E-state index in [1.165, 1.54) is 0 Å².